The molecule has 0 aromatic heterocycles. The average molecular weight is 286 g/mol. The van der Waals surface area contributed by atoms with Crippen molar-refractivity contribution in [2.75, 3.05) is 19.6 Å². The third-order valence-corrected chi connectivity index (χ3v) is 2.93. The van der Waals surface area contributed by atoms with Gasteiger partial charge in [-0.15, -0.1) is 0 Å². The minimum Gasteiger partial charge on any atom is -0.502 e. The molecule has 0 atom stereocenters. The average Bonchev–Trinajstić information content (AvgIpc) is 2.48. The van der Waals surface area contributed by atoms with Crippen molar-refractivity contribution in [2.24, 2.45) is 5.10 Å². The molecule has 0 saturated heterocycles. The van der Waals surface area contributed by atoms with Crippen LogP contribution in [0.5, 0.6) is 17.2 Å². The van der Waals surface area contributed by atoms with Gasteiger partial charge >= 0.3 is 0 Å². The number of hydrogen-bond acceptors (Lipinski definition) is 5. The van der Waals surface area contributed by atoms with Crippen molar-refractivity contribution in [3.8, 4) is 17.2 Å². The summed E-state index contributed by atoms with van der Waals surface area (Å²) in [6.07, 6.45) is 1.63. The van der Waals surface area contributed by atoms with Gasteiger partial charge in [0, 0.05) is 5.56 Å². The van der Waals surface area contributed by atoms with E-state index in [0.29, 0.717) is 11.5 Å². The fourth-order valence-electron chi connectivity index (χ4n) is 1.88. The summed E-state index contributed by atoms with van der Waals surface area (Å²) in [6.45, 7) is 2.02. The van der Waals surface area contributed by atoms with Crippen molar-refractivity contribution in [1.29, 1.82) is 0 Å². The Labute approximate surface area is 123 Å². The topological polar surface area (TPSA) is 63.1 Å². The highest BCUT2D eigenvalue weighted by molar-refractivity contribution is 5.82. The maximum Gasteiger partial charge on any atom is 0.200 e. The Hall–Kier alpha value is -2.69. The maximum atomic E-state index is 9.84. The second kappa shape index (κ2) is 6.65. The smallest absolute Gasteiger partial charge is 0.200 e. The van der Waals surface area contributed by atoms with Crippen LogP contribution in [0.25, 0.3) is 0 Å². The Kier molecular flexibility index (Phi) is 4.66. The molecule has 0 fully saturated rings. The number of ether oxygens (including phenoxy) is 2. The number of hydrazone groups is 1. The van der Waals surface area contributed by atoms with Crippen molar-refractivity contribution in [1.82, 2.24) is 0 Å². The van der Waals surface area contributed by atoms with Gasteiger partial charge in [0.05, 0.1) is 26.1 Å². The number of anilines is 1. The standard InChI is InChI=1S/C16H18N2O3/c1-11-5-4-6-13(7-11)18-17-10-12-8-14(20-2)16(19)15(9-12)21-3/h4-10,18-19H,1-3H3/b17-10+. The van der Waals surface area contributed by atoms with Gasteiger partial charge in [-0.25, -0.2) is 0 Å². The van der Waals surface area contributed by atoms with Gasteiger partial charge in [-0.2, -0.15) is 5.10 Å². The molecule has 2 N–H and O–H groups in total. The van der Waals surface area contributed by atoms with E-state index in [1.807, 2.05) is 31.2 Å². The van der Waals surface area contributed by atoms with Crippen molar-refractivity contribution in [2.45, 2.75) is 6.92 Å². The van der Waals surface area contributed by atoms with E-state index < -0.39 is 0 Å². The molecular weight excluding hydrogens is 268 g/mol. The molecule has 0 aliphatic carbocycles. The first kappa shape index (κ1) is 14.7. The number of phenols is 1. The molecule has 5 heteroatoms. The van der Waals surface area contributed by atoms with Crippen LogP contribution in [-0.2, 0) is 0 Å². The van der Waals surface area contributed by atoms with E-state index in [1.54, 1.807) is 18.3 Å². The van der Waals surface area contributed by atoms with E-state index in [1.165, 1.54) is 14.2 Å². The minimum absolute atomic E-state index is 0.0243. The summed E-state index contributed by atoms with van der Waals surface area (Å²) < 4.78 is 10.2. The lowest BCUT2D eigenvalue weighted by atomic mass is 10.2. The third kappa shape index (κ3) is 3.66. The van der Waals surface area contributed by atoms with Crippen LogP contribution in [-0.4, -0.2) is 25.5 Å². The molecule has 2 aromatic carbocycles. The highest BCUT2D eigenvalue weighted by atomic mass is 16.5. The predicted octanol–water partition coefficient (Wildman–Crippen LogP) is 3.16. The van der Waals surface area contributed by atoms with Crippen molar-refractivity contribution in [3.05, 3.63) is 47.5 Å². The quantitative estimate of drug-likeness (QED) is 0.654. The lowest BCUT2D eigenvalue weighted by Crippen LogP contribution is -1.94. The fourth-order valence-corrected chi connectivity index (χ4v) is 1.88. The Morgan fingerprint density at radius 1 is 1.10 bits per heavy atom. The number of methoxy groups -OCH3 is 2. The van der Waals surface area contributed by atoms with Crippen LogP contribution in [0.15, 0.2) is 41.5 Å². The molecule has 0 radical (unpaired) electrons. The molecule has 110 valence electrons. The molecular formula is C16H18N2O3. The number of aromatic hydroxyl groups is 1. The molecule has 5 nitrogen and oxygen atoms in total. The van der Waals surface area contributed by atoms with Gasteiger partial charge in [0.1, 0.15) is 0 Å². The molecule has 0 spiro atoms. The van der Waals surface area contributed by atoms with E-state index in [2.05, 4.69) is 10.5 Å². The molecule has 0 heterocycles. The first-order valence-corrected chi connectivity index (χ1v) is 6.44. The van der Waals surface area contributed by atoms with Gasteiger partial charge in [0.15, 0.2) is 11.5 Å². The number of aryl methyl sites for hydroxylation is 1. The summed E-state index contributed by atoms with van der Waals surface area (Å²) in [7, 11) is 2.97. The second-order valence-electron chi connectivity index (χ2n) is 4.51. The van der Waals surface area contributed by atoms with Crippen LogP contribution in [0.1, 0.15) is 11.1 Å². The Balaban J connectivity index is 2.17. The van der Waals surface area contributed by atoms with Gasteiger partial charge in [-0.1, -0.05) is 12.1 Å². The maximum absolute atomic E-state index is 9.84. The van der Waals surface area contributed by atoms with Crippen LogP contribution in [0, 0.1) is 6.92 Å². The van der Waals surface area contributed by atoms with Crippen molar-refractivity contribution in [3.63, 3.8) is 0 Å². The second-order valence-corrected chi connectivity index (χ2v) is 4.51. The zero-order valence-corrected chi connectivity index (χ0v) is 12.3. The number of hydrogen-bond donors (Lipinski definition) is 2. The molecule has 2 aromatic rings. The predicted molar refractivity (Wildman–Crippen MR) is 83.6 cm³/mol. The van der Waals surface area contributed by atoms with Gasteiger partial charge in [-0.3, -0.25) is 5.43 Å². The normalized spacial score (nSPS) is 10.6. The molecule has 0 amide bonds. The summed E-state index contributed by atoms with van der Waals surface area (Å²) in [6, 6.07) is 11.3. The monoisotopic (exact) mass is 286 g/mol. The first-order chi connectivity index (χ1) is 10.1. The summed E-state index contributed by atoms with van der Waals surface area (Å²) in [5.74, 6) is 0.654. The van der Waals surface area contributed by atoms with E-state index in [-0.39, 0.29) is 5.75 Å². The molecule has 0 saturated carbocycles. The Morgan fingerprint density at radius 3 is 2.33 bits per heavy atom. The third-order valence-electron chi connectivity index (χ3n) is 2.93. The molecule has 0 aliphatic heterocycles. The Morgan fingerprint density at radius 2 is 1.76 bits per heavy atom. The van der Waals surface area contributed by atoms with Crippen molar-refractivity contribution >= 4 is 11.9 Å². The van der Waals surface area contributed by atoms with E-state index >= 15 is 0 Å². The highest BCUT2D eigenvalue weighted by Gasteiger charge is 2.10. The summed E-state index contributed by atoms with van der Waals surface area (Å²) in [4.78, 5) is 0. The lowest BCUT2D eigenvalue weighted by molar-refractivity contribution is 0.340. The minimum atomic E-state index is -0.0243. The van der Waals surface area contributed by atoms with Gasteiger partial charge < -0.3 is 14.6 Å². The van der Waals surface area contributed by atoms with Gasteiger partial charge in [0.2, 0.25) is 5.75 Å². The highest BCUT2D eigenvalue weighted by Crippen LogP contribution is 2.36. The molecule has 21 heavy (non-hydrogen) atoms. The van der Waals surface area contributed by atoms with E-state index in [4.69, 9.17) is 9.47 Å². The van der Waals surface area contributed by atoms with E-state index in [0.717, 1.165) is 16.8 Å². The van der Waals surface area contributed by atoms with E-state index in [9.17, 15) is 5.11 Å². The number of nitrogens with one attached hydrogen (secondary N) is 1. The van der Waals surface area contributed by atoms with Crippen LogP contribution < -0.4 is 14.9 Å². The lowest BCUT2D eigenvalue weighted by Gasteiger charge is -2.09. The summed E-state index contributed by atoms with van der Waals surface area (Å²) in [5, 5.41) is 14.0. The number of benzene rings is 2. The molecule has 0 aliphatic rings. The Bertz CT molecular complexity index is 629. The van der Waals surface area contributed by atoms with Gasteiger partial charge in [-0.05, 0) is 36.8 Å². The van der Waals surface area contributed by atoms with Crippen LogP contribution in [0.3, 0.4) is 0 Å². The largest absolute Gasteiger partial charge is 0.502 e. The SMILES string of the molecule is COc1cc(/C=N/Nc2cccc(C)c2)cc(OC)c1O. The van der Waals surface area contributed by atoms with Crippen LogP contribution in [0.2, 0.25) is 0 Å². The molecule has 2 rings (SSSR count). The number of nitrogens with zero attached hydrogens (tertiary/aromatic N) is 1. The number of rotatable bonds is 5. The molecule has 0 bridgehead atoms. The first-order valence-electron chi connectivity index (χ1n) is 6.44. The summed E-state index contributed by atoms with van der Waals surface area (Å²) in [5.41, 5.74) is 5.76. The van der Waals surface area contributed by atoms with Crippen molar-refractivity contribution < 1.29 is 14.6 Å². The fraction of sp³-hybridized carbons (Fsp3) is 0.188. The van der Waals surface area contributed by atoms with Crippen LogP contribution in [0.4, 0.5) is 5.69 Å². The zero-order valence-electron chi connectivity index (χ0n) is 12.3. The van der Waals surface area contributed by atoms with Crippen LogP contribution >= 0.6 is 0 Å². The van der Waals surface area contributed by atoms with Gasteiger partial charge in [0.25, 0.3) is 0 Å². The zero-order chi connectivity index (χ0) is 15.2. The molecule has 0 unspecified atom stereocenters. The number of phenolic OH excluding ortho intramolecular Hbond substituents is 1. The summed E-state index contributed by atoms with van der Waals surface area (Å²) >= 11 is 0.